The molecule has 1 amide bonds. The summed E-state index contributed by atoms with van der Waals surface area (Å²) in [7, 11) is 0. The van der Waals surface area contributed by atoms with E-state index in [1.54, 1.807) is 6.20 Å². The molecule has 114 valence electrons. The number of rotatable bonds is 3. The van der Waals surface area contributed by atoms with Gasteiger partial charge in [-0.05, 0) is 50.3 Å². The zero-order valence-electron chi connectivity index (χ0n) is 12.8. The van der Waals surface area contributed by atoms with Gasteiger partial charge in [-0.25, -0.2) is 4.98 Å². The highest BCUT2D eigenvalue weighted by atomic mass is 16.2. The van der Waals surface area contributed by atoms with Crippen molar-refractivity contribution >= 4 is 11.7 Å². The fourth-order valence-electron chi connectivity index (χ4n) is 3.17. The van der Waals surface area contributed by atoms with Gasteiger partial charge in [0.15, 0.2) is 0 Å². The van der Waals surface area contributed by atoms with E-state index in [0.29, 0.717) is 11.6 Å². The number of aryl methyl sites for hydroxylation is 2. The molecule has 1 saturated carbocycles. The summed E-state index contributed by atoms with van der Waals surface area (Å²) in [6.45, 7) is 3.48. The number of aromatic nitrogens is 3. The molecule has 2 aromatic rings. The summed E-state index contributed by atoms with van der Waals surface area (Å²) >= 11 is 0. The molecule has 0 bridgehead atoms. The van der Waals surface area contributed by atoms with Crippen LogP contribution in [0.25, 0.3) is 0 Å². The van der Waals surface area contributed by atoms with Gasteiger partial charge in [0.1, 0.15) is 11.5 Å². The third-order valence-electron chi connectivity index (χ3n) is 4.51. The third kappa shape index (κ3) is 2.21. The minimum absolute atomic E-state index is 0.0286. The van der Waals surface area contributed by atoms with Crippen LogP contribution in [0.3, 0.4) is 0 Å². The van der Waals surface area contributed by atoms with E-state index in [2.05, 4.69) is 16.1 Å². The normalized spacial score (nSPS) is 17.4. The van der Waals surface area contributed by atoms with Gasteiger partial charge < -0.3 is 0 Å². The lowest BCUT2D eigenvalue weighted by molar-refractivity contribution is 0.0974. The summed E-state index contributed by atoms with van der Waals surface area (Å²) in [6, 6.07) is 5.99. The molecule has 22 heavy (non-hydrogen) atoms. The molecule has 0 aromatic carbocycles. The number of amides is 1. The molecule has 1 fully saturated rings. The molecule has 0 radical (unpaired) electrons. The van der Waals surface area contributed by atoms with E-state index >= 15 is 0 Å². The maximum atomic E-state index is 13.0. The van der Waals surface area contributed by atoms with E-state index in [-0.39, 0.29) is 5.91 Å². The molecule has 0 saturated heterocycles. The Bertz CT molecular complexity index is 717. The van der Waals surface area contributed by atoms with Crippen molar-refractivity contribution < 1.29 is 4.79 Å². The molecule has 2 aliphatic rings. The van der Waals surface area contributed by atoms with Gasteiger partial charge in [0, 0.05) is 25.2 Å². The second kappa shape index (κ2) is 5.23. The molecule has 3 heterocycles. The first kappa shape index (κ1) is 13.5. The maximum absolute atomic E-state index is 13.0. The Morgan fingerprint density at radius 2 is 2.27 bits per heavy atom. The molecular weight excluding hydrogens is 276 g/mol. The molecule has 0 spiro atoms. The number of hydrogen-bond donors (Lipinski definition) is 0. The summed E-state index contributed by atoms with van der Waals surface area (Å²) in [5.74, 6) is 1.41. The standard InChI is InChI=1S/C17H20N4O/c1-2-21-15(11-14(19-21)12-7-8-12)17(22)20-10-4-6-13-5-3-9-18-16(13)20/h3,5,9,11-12H,2,4,6-8,10H2,1H3. The molecule has 0 unspecified atom stereocenters. The molecule has 5 heteroatoms. The average molecular weight is 296 g/mol. The lowest BCUT2D eigenvalue weighted by Crippen LogP contribution is -2.37. The Morgan fingerprint density at radius 1 is 1.41 bits per heavy atom. The fourth-order valence-corrected chi connectivity index (χ4v) is 3.17. The van der Waals surface area contributed by atoms with Crippen molar-refractivity contribution in [2.24, 2.45) is 0 Å². The van der Waals surface area contributed by atoms with Gasteiger partial charge in [-0.1, -0.05) is 6.07 Å². The van der Waals surface area contributed by atoms with Crippen molar-refractivity contribution in [1.82, 2.24) is 14.8 Å². The largest absolute Gasteiger partial charge is 0.291 e. The fraction of sp³-hybridized carbons (Fsp3) is 0.471. The summed E-state index contributed by atoms with van der Waals surface area (Å²) in [6.07, 6.45) is 6.13. The minimum atomic E-state index is 0.0286. The number of carbonyl (C=O) groups excluding carboxylic acids is 1. The van der Waals surface area contributed by atoms with Crippen molar-refractivity contribution in [3.63, 3.8) is 0 Å². The van der Waals surface area contributed by atoms with E-state index in [9.17, 15) is 4.79 Å². The van der Waals surface area contributed by atoms with Crippen LogP contribution in [0.2, 0.25) is 0 Å². The Morgan fingerprint density at radius 3 is 3.05 bits per heavy atom. The summed E-state index contributed by atoms with van der Waals surface area (Å²) < 4.78 is 1.84. The minimum Gasteiger partial charge on any atom is -0.291 e. The predicted octanol–water partition coefficient (Wildman–Crippen LogP) is 2.77. The molecule has 1 aliphatic carbocycles. The highest BCUT2D eigenvalue weighted by Crippen LogP contribution is 2.39. The number of anilines is 1. The van der Waals surface area contributed by atoms with Gasteiger partial charge in [0.2, 0.25) is 0 Å². The van der Waals surface area contributed by atoms with Crippen LogP contribution in [0.15, 0.2) is 24.4 Å². The topological polar surface area (TPSA) is 51.0 Å². The predicted molar refractivity (Wildman–Crippen MR) is 84.1 cm³/mol. The van der Waals surface area contributed by atoms with Gasteiger partial charge >= 0.3 is 0 Å². The van der Waals surface area contributed by atoms with Crippen molar-refractivity contribution in [1.29, 1.82) is 0 Å². The summed E-state index contributed by atoms with van der Waals surface area (Å²) in [5, 5.41) is 4.61. The summed E-state index contributed by atoms with van der Waals surface area (Å²) in [4.78, 5) is 19.3. The monoisotopic (exact) mass is 296 g/mol. The van der Waals surface area contributed by atoms with Crippen LogP contribution in [-0.2, 0) is 13.0 Å². The van der Waals surface area contributed by atoms with E-state index < -0.39 is 0 Å². The maximum Gasteiger partial charge on any atom is 0.277 e. The van der Waals surface area contributed by atoms with E-state index in [1.165, 1.54) is 12.8 Å². The average Bonchev–Trinajstić information content (AvgIpc) is 3.33. The van der Waals surface area contributed by atoms with Crippen LogP contribution in [0.5, 0.6) is 0 Å². The highest BCUT2D eigenvalue weighted by molar-refractivity contribution is 6.05. The van der Waals surface area contributed by atoms with Crippen LogP contribution in [0, 0.1) is 0 Å². The molecule has 0 atom stereocenters. The molecule has 4 rings (SSSR count). The van der Waals surface area contributed by atoms with Gasteiger partial charge in [-0.2, -0.15) is 5.10 Å². The molecule has 2 aromatic heterocycles. The number of carbonyl (C=O) groups is 1. The first-order chi connectivity index (χ1) is 10.8. The van der Waals surface area contributed by atoms with E-state index in [1.807, 2.05) is 28.6 Å². The van der Waals surface area contributed by atoms with Crippen LogP contribution in [0.1, 0.15) is 53.8 Å². The van der Waals surface area contributed by atoms with Crippen molar-refractivity contribution in [3.05, 3.63) is 41.3 Å². The Labute approximate surface area is 130 Å². The van der Waals surface area contributed by atoms with Crippen molar-refractivity contribution in [2.75, 3.05) is 11.4 Å². The van der Waals surface area contributed by atoms with Gasteiger partial charge in [-0.3, -0.25) is 14.4 Å². The molecule has 1 aliphatic heterocycles. The quantitative estimate of drug-likeness (QED) is 0.875. The van der Waals surface area contributed by atoms with Crippen LogP contribution < -0.4 is 4.90 Å². The van der Waals surface area contributed by atoms with Crippen molar-refractivity contribution in [2.45, 2.75) is 45.1 Å². The van der Waals surface area contributed by atoms with E-state index in [4.69, 9.17) is 0 Å². The lowest BCUT2D eigenvalue weighted by Gasteiger charge is -2.28. The first-order valence-corrected chi connectivity index (χ1v) is 8.11. The number of fused-ring (bicyclic) bond motifs is 1. The Kier molecular flexibility index (Phi) is 3.21. The zero-order chi connectivity index (χ0) is 15.1. The van der Waals surface area contributed by atoms with Gasteiger partial charge in [0.25, 0.3) is 5.91 Å². The number of nitrogens with zero attached hydrogens (tertiary/aromatic N) is 4. The number of pyridine rings is 1. The molecule has 0 N–H and O–H groups in total. The Hall–Kier alpha value is -2.17. The second-order valence-electron chi connectivity index (χ2n) is 6.09. The zero-order valence-corrected chi connectivity index (χ0v) is 12.8. The SMILES string of the molecule is CCn1nc(C2CC2)cc1C(=O)N1CCCc2cccnc21. The molecule has 5 nitrogen and oxygen atoms in total. The first-order valence-electron chi connectivity index (χ1n) is 8.11. The Balaban J connectivity index is 1.70. The van der Waals surface area contributed by atoms with Crippen LogP contribution >= 0.6 is 0 Å². The van der Waals surface area contributed by atoms with Crippen LogP contribution in [0.4, 0.5) is 5.82 Å². The lowest BCUT2D eigenvalue weighted by atomic mass is 10.1. The van der Waals surface area contributed by atoms with Crippen molar-refractivity contribution in [3.8, 4) is 0 Å². The summed E-state index contributed by atoms with van der Waals surface area (Å²) in [5.41, 5.74) is 2.93. The molecular formula is C17H20N4O. The smallest absolute Gasteiger partial charge is 0.277 e. The highest BCUT2D eigenvalue weighted by Gasteiger charge is 2.31. The number of hydrogen-bond acceptors (Lipinski definition) is 3. The second-order valence-corrected chi connectivity index (χ2v) is 6.09. The van der Waals surface area contributed by atoms with Gasteiger partial charge in [-0.15, -0.1) is 0 Å². The third-order valence-corrected chi connectivity index (χ3v) is 4.51. The van der Waals surface area contributed by atoms with Crippen LogP contribution in [-0.4, -0.2) is 27.2 Å². The van der Waals surface area contributed by atoms with Gasteiger partial charge in [0.05, 0.1) is 5.69 Å². The van der Waals surface area contributed by atoms with E-state index in [0.717, 1.165) is 43.0 Å².